The van der Waals surface area contributed by atoms with Crippen LogP contribution in [-0.4, -0.2) is 39.1 Å². The Labute approximate surface area is 192 Å². The molecule has 0 radical (unpaired) electrons. The Morgan fingerprint density at radius 1 is 1.12 bits per heavy atom. The number of benzene rings is 1. The van der Waals surface area contributed by atoms with Crippen molar-refractivity contribution < 1.29 is 23.9 Å². The van der Waals surface area contributed by atoms with Crippen LogP contribution in [0.5, 0.6) is 0 Å². The molecule has 2 rings (SSSR count). The van der Waals surface area contributed by atoms with Crippen molar-refractivity contribution in [1.29, 1.82) is 0 Å². The molecule has 1 heterocycles. The van der Waals surface area contributed by atoms with Gasteiger partial charge in [-0.3, -0.25) is 19.2 Å². The highest BCUT2D eigenvalue weighted by molar-refractivity contribution is 5.93. The summed E-state index contributed by atoms with van der Waals surface area (Å²) < 4.78 is 14.1. The average Bonchev–Trinajstić information content (AvgIpc) is 2.75. The number of halogens is 1. The molecule has 33 heavy (non-hydrogen) atoms. The fourth-order valence-corrected chi connectivity index (χ4v) is 3.78. The maximum Gasteiger partial charge on any atom is 0.304 e. The summed E-state index contributed by atoms with van der Waals surface area (Å²) in [6, 6.07) is 9.33. The van der Waals surface area contributed by atoms with Crippen molar-refractivity contribution in [3.63, 3.8) is 0 Å². The van der Waals surface area contributed by atoms with Gasteiger partial charge in [-0.2, -0.15) is 5.10 Å². The van der Waals surface area contributed by atoms with Crippen LogP contribution in [0.15, 0.2) is 41.3 Å². The third kappa shape index (κ3) is 6.91. The van der Waals surface area contributed by atoms with E-state index in [2.05, 4.69) is 25.9 Å². The summed E-state index contributed by atoms with van der Waals surface area (Å²) in [4.78, 5) is 48.9. The molecule has 1 N–H and O–H groups in total. The largest absolute Gasteiger partial charge is 0.481 e. The number of carboxylic acids is 1. The second-order valence-corrected chi connectivity index (χ2v) is 9.23. The molecule has 0 aliphatic carbocycles. The van der Waals surface area contributed by atoms with Gasteiger partial charge in [0, 0.05) is 30.0 Å². The number of hydrogen-bond donors (Lipinski definition) is 1. The summed E-state index contributed by atoms with van der Waals surface area (Å²) in [5.74, 6) is -4.76. The minimum atomic E-state index is -1.34. The lowest BCUT2D eigenvalue weighted by Crippen LogP contribution is -2.31. The van der Waals surface area contributed by atoms with Gasteiger partial charge < -0.3 is 5.11 Å². The summed E-state index contributed by atoms with van der Waals surface area (Å²) in [5, 5.41) is 13.2. The number of carboxylic acid groups (broad SMARTS) is 1. The standard InChI is InChI=1S/C25H31FN2O5/c1-5-19(21(29)12-17(13-23(31)32)22(30)14-26)20-9-10-27-28(24(20)33)15-16-7-6-8-18(11-16)25(2,3)4/h6-11,17,19H,5,12-15H2,1-4H3,(H,31,32). The first-order chi connectivity index (χ1) is 15.5. The van der Waals surface area contributed by atoms with E-state index in [9.17, 15) is 23.6 Å². The number of rotatable bonds is 11. The van der Waals surface area contributed by atoms with E-state index in [1.807, 2.05) is 24.3 Å². The van der Waals surface area contributed by atoms with Crippen LogP contribution in [0, 0.1) is 5.92 Å². The predicted octanol–water partition coefficient (Wildman–Crippen LogP) is 3.67. The van der Waals surface area contributed by atoms with Crippen molar-refractivity contribution in [2.24, 2.45) is 5.92 Å². The fourth-order valence-electron chi connectivity index (χ4n) is 3.78. The van der Waals surface area contributed by atoms with Gasteiger partial charge in [0.1, 0.15) is 12.5 Å². The topological polar surface area (TPSA) is 106 Å². The van der Waals surface area contributed by atoms with Gasteiger partial charge in [-0.05, 0) is 29.0 Å². The second kappa shape index (κ2) is 11.1. The van der Waals surface area contributed by atoms with E-state index >= 15 is 0 Å². The van der Waals surface area contributed by atoms with E-state index in [1.54, 1.807) is 6.92 Å². The summed E-state index contributed by atoms with van der Waals surface area (Å²) in [5.41, 5.74) is 1.76. The van der Waals surface area contributed by atoms with Crippen LogP contribution in [0.3, 0.4) is 0 Å². The van der Waals surface area contributed by atoms with E-state index in [-0.39, 0.29) is 23.9 Å². The van der Waals surface area contributed by atoms with Crippen molar-refractivity contribution in [2.75, 3.05) is 6.67 Å². The van der Waals surface area contributed by atoms with E-state index in [0.717, 1.165) is 11.1 Å². The third-order valence-electron chi connectivity index (χ3n) is 5.69. The maximum atomic E-state index is 13.1. The minimum Gasteiger partial charge on any atom is -0.481 e. The van der Waals surface area contributed by atoms with Crippen molar-refractivity contribution in [1.82, 2.24) is 9.78 Å². The maximum absolute atomic E-state index is 13.1. The summed E-state index contributed by atoms with van der Waals surface area (Å²) in [6.07, 6.45) is 0.668. The van der Waals surface area contributed by atoms with Crippen LogP contribution in [0.1, 0.15) is 69.6 Å². The van der Waals surface area contributed by atoms with E-state index in [1.165, 1.54) is 16.9 Å². The molecule has 8 heteroatoms. The molecule has 0 bridgehead atoms. The molecule has 0 spiro atoms. The first kappa shape index (κ1) is 26.1. The van der Waals surface area contributed by atoms with Gasteiger partial charge in [0.15, 0.2) is 5.78 Å². The SMILES string of the molecule is CCC(C(=O)CC(CC(=O)O)C(=O)CF)c1ccnn(Cc2cccc(C(C)(C)C)c2)c1=O. The third-order valence-corrected chi connectivity index (χ3v) is 5.69. The minimum absolute atomic E-state index is 0.0560. The Bertz CT molecular complexity index is 1070. The van der Waals surface area contributed by atoms with Gasteiger partial charge in [-0.25, -0.2) is 9.07 Å². The van der Waals surface area contributed by atoms with Crippen LogP contribution < -0.4 is 5.56 Å². The number of aromatic nitrogens is 2. The van der Waals surface area contributed by atoms with Gasteiger partial charge in [0.2, 0.25) is 0 Å². The number of ketones is 2. The Morgan fingerprint density at radius 3 is 2.39 bits per heavy atom. The highest BCUT2D eigenvalue weighted by Gasteiger charge is 2.29. The molecule has 2 unspecified atom stereocenters. The Morgan fingerprint density at radius 2 is 1.82 bits per heavy atom. The van der Waals surface area contributed by atoms with Crippen molar-refractivity contribution in [3.05, 3.63) is 63.6 Å². The van der Waals surface area contributed by atoms with Crippen LogP contribution in [0.4, 0.5) is 4.39 Å². The highest BCUT2D eigenvalue weighted by atomic mass is 19.1. The van der Waals surface area contributed by atoms with E-state index in [4.69, 9.17) is 5.11 Å². The molecule has 2 aromatic rings. The monoisotopic (exact) mass is 458 g/mol. The average molecular weight is 459 g/mol. The molecule has 0 aliphatic rings. The first-order valence-electron chi connectivity index (χ1n) is 11.0. The fraction of sp³-hybridized carbons (Fsp3) is 0.480. The molecule has 0 saturated heterocycles. The zero-order valence-electron chi connectivity index (χ0n) is 19.5. The quantitative estimate of drug-likeness (QED) is 0.551. The smallest absolute Gasteiger partial charge is 0.304 e. The summed E-state index contributed by atoms with van der Waals surface area (Å²) in [6.45, 7) is 6.91. The lowest BCUT2D eigenvalue weighted by atomic mass is 9.85. The molecular formula is C25H31FN2O5. The van der Waals surface area contributed by atoms with Gasteiger partial charge in [0.25, 0.3) is 5.56 Å². The van der Waals surface area contributed by atoms with E-state index in [0.29, 0.717) is 0 Å². The molecule has 0 aliphatic heterocycles. The van der Waals surface area contributed by atoms with Gasteiger partial charge in [-0.15, -0.1) is 0 Å². The number of carbonyl (C=O) groups is 3. The summed E-state index contributed by atoms with van der Waals surface area (Å²) in [7, 11) is 0. The molecule has 0 fully saturated rings. The van der Waals surface area contributed by atoms with E-state index < -0.39 is 54.4 Å². The molecule has 178 valence electrons. The molecule has 1 aromatic heterocycles. The number of Topliss-reactive ketones (excluding diaryl/α,β-unsaturated/α-hetero) is 2. The lowest BCUT2D eigenvalue weighted by molar-refractivity contribution is -0.141. The zero-order valence-corrected chi connectivity index (χ0v) is 19.5. The number of alkyl halides is 1. The number of nitrogens with zero attached hydrogens (tertiary/aromatic N) is 2. The highest BCUT2D eigenvalue weighted by Crippen LogP contribution is 2.24. The van der Waals surface area contributed by atoms with Crippen molar-refractivity contribution in [3.8, 4) is 0 Å². The molecule has 1 aromatic carbocycles. The number of aliphatic carboxylic acids is 1. The van der Waals surface area contributed by atoms with Crippen LogP contribution >= 0.6 is 0 Å². The molecule has 0 saturated carbocycles. The number of hydrogen-bond acceptors (Lipinski definition) is 5. The molecular weight excluding hydrogens is 427 g/mol. The van der Waals surface area contributed by atoms with Crippen LogP contribution in [0.25, 0.3) is 0 Å². The second-order valence-electron chi connectivity index (χ2n) is 9.23. The van der Waals surface area contributed by atoms with Gasteiger partial charge >= 0.3 is 5.97 Å². The molecule has 0 amide bonds. The molecule has 2 atom stereocenters. The van der Waals surface area contributed by atoms with Crippen molar-refractivity contribution in [2.45, 2.75) is 64.8 Å². The van der Waals surface area contributed by atoms with Gasteiger partial charge in [-0.1, -0.05) is 52.0 Å². The molecule has 7 nitrogen and oxygen atoms in total. The zero-order chi connectivity index (χ0) is 24.8. The van der Waals surface area contributed by atoms with Gasteiger partial charge in [0.05, 0.1) is 13.0 Å². The Kier molecular flexibility index (Phi) is 8.79. The van der Waals surface area contributed by atoms with Crippen molar-refractivity contribution >= 4 is 17.5 Å². The number of carbonyl (C=O) groups excluding carboxylic acids is 2. The Balaban J connectivity index is 2.32. The predicted molar refractivity (Wildman–Crippen MR) is 122 cm³/mol. The normalized spacial score (nSPS) is 13.4. The summed E-state index contributed by atoms with van der Waals surface area (Å²) >= 11 is 0. The van der Waals surface area contributed by atoms with Crippen LogP contribution in [-0.2, 0) is 26.3 Å². The lowest BCUT2D eigenvalue weighted by Gasteiger charge is -2.20. The van der Waals surface area contributed by atoms with Crippen LogP contribution in [0.2, 0.25) is 0 Å². The first-order valence-corrected chi connectivity index (χ1v) is 11.0. The Hall–Kier alpha value is -3.16.